The maximum absolute atomic E-state index is 13.4. The molecule has 0 spiro atoms. The second kappa shape index (κ2) is 8.86. The van der Waals surface area contributed by atoms with Gasteiger partial charge in [-0.1, -0.05) is 11.6 Å². The van der Waals surface area contributed by atoms with Gasteiger partial charge in [-0.2, -0.15) is 0 Å². The Labute approximate surface area is 191 Å². The third-order valence-electron chi connectivity index (χ3n) is 6.45. The molecule has 0 bridgehead atoms. The number of likely N-dealkylation sites (tertiary alicyclic amines) is 2. The van der Waals surface area contributed by atoms with Crippen LogP contribution in [0.4, 0.5) is 0 Å². The first-order valence-electron chi connectivity index (χ1n) is 11.1. The molecule has 2 aliphatic heterocycles. The molecule has 5 heterocycles. The van der Waals surface area contributed by atoms with Crippen molar-refractivity contribution in [3.8, 4) is 0 Å². The monoisotopic (exact) mass is 452 g/mol. The highest BCUT2D eigenvalue weighted by atomic mass is 35.5. The fourth-order valence-electron chi connectivity index (χ4n) is 4.78. The molecule has 0 radical (unpaired) electrons. The lowest BCUT2D eigenvalue weighted by atomic mass is 9.92. The normalized spacial score (nSPS) is 21.7. The Balaban J connectivity index is 1.25. The summed E-state index contributed by atoms with van der Waals surface area (Å²) in [6, 6.07) is 5.19. The van der Waals surface area contributed by atoms with Crippen LogP contribution in [0.5, 0.6) is 0 Å². The Morgan fingerprint density at radius 2 is 1.88 bits per heavy atom. The first-order valence-corrected chi connectivity index (χ1v) is 11.5. The van der Waals surface area contributed by atoms with Gasteiger partial charge in [-0.15, -0.1) is 0 Å². The van der Waals surface area contributed by atoms with E-state index in [1.54, 1.807) is 29.4 Å². The van der Waals surface area contributed by atoms with Crippen LogP contribution >= 0.6 is 11.6 Å². The number of fused-ring (bicyclic) bond motifs is 1. The molecular weight excluding hydrogens is 428 g/mol. The Kier molecular flexibility index (Phi) is 5.78. The number of halogens is 1. The van der Waals surface area contributed by atoms with Gasteiger partial charge in [0.2, 0.25) is 5.91 Å². The van der Waals surface area contributed by atoms with Gasteiger partial charge in [-0.3, -0.25) is 14.6 Å². The van der Waals surface area contributed by atoms with Crippen molar-refractivity contribution in [1.29, 1.82) is 0 Å². The van der Waals surface area contributed by atoms with Crippen LogP contribution in [0.2, 0.25) is 5.15 Å². The number of imidazole rings is 1. The Morgan fingerprint density at radius 1 is 1.03 bits per heavy atom. The van der Waals surface area contributed by atoms with E-state index >= 15 is 0 Å². The van der Waals surface area contributed by atoms with Gasteiger partial charge in [0, 0.05) is 44.5 Å². The number of pyridine rings is 2. The average molecular weight is 453 g/mol. The largest absolute Gasteiger partial charge is 0.342 e. The van der Waals surface area contributed by atoms with Crippen molar-refractivity contribution in [2.24, 2.45) is 5.92 Å². The fourth-order valence-corrected chi connectivity index (χ4v) is 4.89. The van der Waals surface area contributed by atoms with Gasteiger partial charge in [0.1, 0.15) is 11.0 Å². The van der Waals surface area contributed by atoms with E-state index in [0.29, 0.717) is 30.4 Å². The second-order valence-electron chi connectivity index (χ2n) is 8.60. The Bertz CT molecular complexity index is 1100. The van der Waals surface area contributed by atoms with Gasteiger partial charge in [0.25, 0.3) is 5.91 Å². The first-order chi connectivity index (χ1) is 15.6. The number of nitrogens with one attached hydrogen (secondary N) is 1. The summed E-state index contributed by atoms with van der Waals surface area (Å²) in [7, 11) is 0. The predicted octanol–water partition coefficient (Wildman–Crippen LogP) is 3.26. The van der Waals surface area contributed by atoms with Crippen LogP contribution in [0.3, 0.4) is 0 Å². The highest BCUT2D eigenvalue weighted by molar-refractivity contribution is 6.29. The molecule has 2 fully saturated rings. The van der Waals surface area contributed by atoms with Gasteiger partial charge in [0.15, 0.2) is 0 Å². The summed E-state index contributed by atoms with van der Waals surface area (Å²) in [4.78, 5) is 46.2. The number of hydrogen-bond donors (Lipinski definition) is 1. The van der Waals surface area contributed by atoms with Crippen LogP contribution in [0.15, 0.2) is 36.8 Å². The lowest BCUT2D eigenvalue weighted by Crippen LogP contribution is -2.49. The molecule has 3 aromatic rings. The molecule has 2 amide bonds. The highest BCUT2D eigenvalue weighted by Crippen LogP contribution is 2.29. The van der Waals surface area contributed by atoms with Crippen molar-refractivity contribution in [2.45, 2.75) is 31.6 Å². The van der Waals surface area contributed by atoms with Crippen molar-refractivity contribution in [3.63, 3.8) is 0 Å². The smallest absolute Gasteiger partial charge is 0.255 e. The molecule has 5 rings (SSSR count). The number of nitrogens with zero attached hydrogens (tertiary/aromatic N) is 5. The summed E-state index contributed by atoms with van der Waals surface area (Å²) in [6.45, 7) is 2.50. The number of H-pyrrole nitrogens is 1. The van der Waals surface area contributed by atoms with Crippen molar-refractivity contribution < 1.29 is 9.59 Å². The molecule has 3 aromatic heterocycles. The van der Waals surface area contributed by atoms with Gasteiger partial charge in [-0.05, 0) is 43.9 Å². The quantitative estimate of drug-likeness (QED) is 0.615. The van der Waals surface area contributed by atoms with E-state index in [2.05, 4.69) is 15.0 Å². The van der Waals surface area contributed by atoms with Crippen molar-refractivity contribution in [2.75, 3.05) is 26.2 Å². The van der Waals surface area contributed by atoms with Crippen LogP contribution in [-0.4, -0.2) is 67.7 Å². The van der Waals surface area contributed by atoms with Crippen LogP contribution in [0.25, 0.3) is 11.0 Å². The molecule has 32 heavy (non-hydrogen) atoms. The average Bonchev–Trinajstić information content (AvgIpc) is 3.28. The molecule has 166 valence electrons. The number of carbonyl (C=O) groups excluding carboxylic acids is 2. The summed E-state index contributed by atoms with van der Waals surface area (Å²) in [6.07, 6.45) is 8.57. The second-order valence-corrected chi connectivity index (χ2v) is 8.99. The van der Waals surface area contributed by atoms with E-state index in [9.17, 15) is 9.59 Å². The topological polar surface area (TPSA) is 95.1 Å². The van der Waals surface area contributed by atoms with E-state index in [1.807, 2.05) is 11.0 Å². The fraction of sp³-hybridized carbons (Fsp3) is 0.435. The first kappa shape index (κ1) is 20.9. The van der Waals surface area contributed by atoms with Crippen molar-refractivity contribution in [1.82, 2.24) is 29.7 Å². The lowest BCUT2D eigenvalue weighted by Gasteiger charge is -2.38. The molecular formula is C23H25ClN6O2. The maximum atomic E-state index is 13.4. The van der Waals surface area contributed by atoms with Gasteiger partial charge < -0.3 is 14.8 Å². The molecule has 0 aromatic carbocycles. The third kappa shape index (κ3) is 4.19. The zero-order valence-electron chi connectivity index (χ0n) is 17.7. The Hall–Kier alpha value is -3.00. The van der Waals surface area contributed by atoms with Crippen molar-refractivity contribution >= 4 is 34.4 Å². The number of amides is 2. The minimum atomic E-state index is -0.174. The van der Waals surface area contributed by atoms with Crippen LogP contribution in [0.1, 0.15) is 47.8 Å². The van der Waals surface area contributed by atoms with E-state index < -0.39 is 0 Å². The van der Waals surface area contributed by atoms with E-state index in [1.165, 1.54) is 6.20 Å². The SMILES string of the molecule is O=C(c1ccc(Cl)nc1)N1CCCC(C(=O)N2CCCC(c3nc4ccncc4[nH]3)C2)C1. The molecule has 1 N–H and O–H groups in total. The molecule has 2 aliphatic rings. The molecule has 2 saturated heterocycles. The number of hydrogen-bond acceptors (Lipinski definition) is 5. The number of aromatic nitrogens is 4. The third-order valence-corrected chi connectivity index (χ3v) is 6.68. The summed E-state index contributed by atoms with van der Waals surface area (Å²) in [5.41, 5.74) is 2.32. The number of piperidine rings is 2. The minimum Gasteiger partial charge on any atom is -0.342 e. The van der Waals surface area contributed by atoms with Gasteiger partial charge in [0.05, 0.1) is 28.7 Å². The summed E-state index contributed by atoms with van der Waals surface area (Å²) >= 11 is 5.84. The van der Waals surface area contributed by atoms with Crippen molar-refractivity contribution in [3.05, 3.63) is 53.3 Å². The zero-order chi connectivity index (χ0) is 22.1. The highest BCUT2D eigenvalue weighted by Gasteiger charge is 2.34. The molecule has 8 nitrogen and oxygen atoms in total. The molecule has 0 saturated carbocycles. The zero-order valence-corrected chi connectivity index (χ0v) is 18.5. The molecule has 9 heteroatoms. The standard InChI is InChI=1S/C23H25ClN6O2/c24-20-6-5-15(11-26-20)22(31)30-10-2-4-17(14-30)23(32)29-9-1-3-16(13-29)21-27-18-7-8-25-12-19(18)28-21/h5-8,11-12,16-17H,1-4,9-10,13-14H2,(H,27,28). The van der Waals surface area contributed by atoms with Crippen LogP contribution in [0, 0.1) is 5.92 Å². The maximum Gasteiger partial charge on any atom is 0.255 e. The summed E-state index contributed by atoms with van der Waals surface area (Å²) < 4.78 is 0. The molecule has 2 unspecified atom stereocenters. The van der Waals surface area contributed by atoms with E-state index in [4.69, 9.17) is 16.6 Å². The van der Waals surface area contributed by atoms with E-state index in [0.717, 1.165) is 49.1 Å². The lowest BCUT2D eigenvalue weighted by molar-refractivity contribution is -0.138. The minimum absolute atomic E-state index is 0.0981. The number of rotatable bonds is 3. The van der Waals surface area contributed by atoms with Gasteiger partial charge in [-0.25, -0.2) is 9.97 Å². The molecule has 2 atom stereocenters. The molecule has 0 aliphatic carbocycles. The summed E-state index contributed by atoms with van der Waals surface area (Å²) in [5.74, 6) is 0.965. The Morgan fingerprint density at radius 3 is 2.69 bits per heavy atom. The van der Waals surface area contributed by atoms with Crippen LogP contribution < -0.4 is 0 Å². The van der Waals surface area contributed by atoms with Crippen LogP contribution in [-0.2, 0) is 4.79 Å². The van der Waals surface area contributed by atoms with E-state index in [-0.39, 0.29) is 23.7 Å². The number of aromatic amines is 1. The summed E-state index contributed by atoms with van der Waals surface area (Å²) in [5, 5.41) is 0.355. The number of carbonyl (C=O) groups is 2. The van der Waals surface area contributed by atoms with Gasteiger partial charge >= 0.3 is 0 Å². The predicted molar refractivity (Wildman–Crippen MR) is 120 cm³/mol.